The van der Waals surface area contributed by atoms with Gasteiger partial charge in [-0.1, -0.05) is 34.1 Å². The molecule has 0 spiro atoms. The molecule has 0 radical (unpaired) electrons. The van der Waals surface area contributed by atoms with Crippen molar-refractivity contribution in [3.8, 4) is 0 Å². The highest BCUT2D eigenvalue weighted by Gasteiger charge is 2.24. The lowest BCUT2D eigenvalue weighted by atomic mass is 10.0. The minimum Gasteiger partial charge on any atom is -0.314 e. The number of benzene rings is 1. The van der Waals surface area contributed by atoms with Gasteiger partial charge in [0.1, 0.15) is 0 Å². The first kappa shape index (κ1) is 13.3. The zero-order chi connectivity index (χ0) is 13.1. The summed E-state index contributed by atoms with van der Waals surface area (Å²) in [4.78, 5) is 4.00. The highest BCUT2D eigenvalue weighted by Crippen LogP contribution is 2.33. The van der Waals surface area contributed by atoms with E-state index >= 15 is 0 Å². The zero-order valence-corrected chi connectivity index (χ0v) is 13.1. The van der Waals surface area contributed by atoms with Crippen LogP contribution in [-0.4, -0.2) is 31.1 Å². The Morgan fingerprint density at radius 3 is 2.68 bits per heavy atom. The summed E-state index contributed by atoms with van der Waals surface area (Å²) in [7, 11) is 0. The maximum atomic E-state index is 3.59. The van der Waals surface area contributed by atoms with Crippen LogP contribution in [0.25, 0.3) is 0 Å². The van der Waals surface area contributed by atoms with Crippen molar-refractivity contribution in [2.75, 3.05) is 26.2 Å². The second-order valence-corrected chi connectivity index (χ2v) is 6.65. The van der Waals surface area contributed by atoms with Gasteiger partial charge in [-0.15, -0.1) is 11.3 Å². The normalized spacial score (nSPS) is 18.4. The fourth-order valence-electron chi connectivity index (χ4n) is 2.62. The Balaban J connectivity index is 1.96. The first-order valence-electron chi connectivity index (χ1n) is 6.58. The van der Waals surface area contributed by atoms with Gasteiger partial charge in [-0.3, -0.25) is 4.90 Å². The fraction of sp³-hybridized carbons (Fsp3) is 0.333. The number of nitrogens with zero attached hydrogens (tertiary/aromatic N) is 1. The van der Waals surface area contributed by atoms with E-state index in [1.807, 2.05) is 11.3 Å². The van der Waals surface area contributed by atoms with Crippen LogP contribution in [0.3, 0.4) is 0 Å². The Labute approximate surface area is 126 Å². The maximum absolute atomic E-state index is 3.59. The molecule has 1 aromatic heterocycles. The van der Waals surface area contributed by atoms with E-state index in [-0.39, 0.29) is 0 Å². The Morgan fingerprint density at radius 1 is 1.16 bits per heavy atom. The van der Waals surface area contributed by atoms with Gasteiger partial charge < -0.3 is 5.32 Å². The summed E-state index contributed by atoms with van der Waals surface area (Å²) in [5.74, 6) is 0. The third kappa shape index (κ3) is 3.08. The van der Waals surface area contributed by atoms with Crippen molar-refractivity contribution in [1.29, 1.82) is 0 Å². The lowest BCUT2D eigenvalue weighted by molar-refractivity contribution is 0.200. The summed E-state index contributed by atoms with van der Waals surface area (Å²) in [5.41, 5.74) is 1.37. The molecule has 2 aromatic rings. The number of nitrogens with one attached hydrogen (secondary N) is 1. The van der Waals surface area contributed by atoms with E-state index in [0.29, 0.717) is 6.04 Å². The van der Waals surface area contributed by atoms with Crippen molar-refractivity contribution in [2.45, 2.75) is 6.04 Å². The van der Waals surface area contributed by atoms with Crippen LogP contribution in [0.2, 0.25) is 0 Å². The molecule has 0 saturated carbocycles. The molecule has 100 valence electrons. The average Bonchev–Trinajstić information content (AvgIpc) is 2.94. The first-order chi connectivity index (χ1) is 9.34. The fourth-order valence-corrected chi connectivity index (χ4v) is 3.92. The van der Waals surface area contributed by atoms with Crippen LogP contribution < -0.4 is 5.32 Å². The summed E-state index contributed by atoms with van der Waals surface area (Å²) in [6.45, 7) is 4.37. The molecule has 1 aliphatic heterocycles. The summed E-state index contributed by atoms with van der Waals surface area (Å²) in [6, 6.07) is 13.5. The summed E-state index contributed by atoms with van der Waals surface area (Å²) < 4.78 is 1.15. The van der Waals surface area contributed by atoms with Gasteiger partial charge in [0.25, 0.3) is 0 Å². The van der Waals surface area contributed by atoms with Gasteiger partial charge in [0.2, 0.25) is 0 Å². The molecule has 3 rings (SSSR count). The van der Waals surface area contributed by atoms with Crippen molar-refractivity contribution in [3.05, 3.63) is 56.7 Å². The minimum atomic E-state index is 0.389. The highest BCUT2D eigenvalue weighted by molar-refractivity contribution is 9.10. The Hall–Kier alpha value is -0.680. The summed E-state index contributed by atoms with van der Waals surface area (Å²) in [5, 5.41) is 5.60. The third-order valence-corrected chi connectivity index (χ3v) is 4.91. The number of hydrogen-bond acceptors (Lipinski definition) is 3. The van der Waals surface area contributed by atoms with Crippen LogP contribution in [0.1, 0.15) is 16.5 Å². The number of thiophene rings is 1. The zero-order valence-electron chi connectivity index (χ0n) is 10.7. The predicted molar refractivity (Wildman–Crippen MR) is 84.7 cm³/mol. The molecule has 19 heavy (non-hydrogen) atoms. The summed E-state index contributed by atoms with van der Waals surface area (Å²) in [6.07, 6.45) is 0. The van der Waals surface area contributed by atoms with Crippen molar-refractivity contribution >= 4 is 27.3 Å². The highest BCUT2D eigenvalue weighted by atomic mass is 79.9. The van der Waals surface area contributed by atoms with Crippen LogP contribution >= 0.6 is 27.3 Å². The SMILES string of the molecule is Brc1cccc([C@@H](c2cccs2)N2CCNCC2)c1. The van der Waals surface area contributed by atoms with Gasteiger partial charge in [0.05, 0.1) is 6.04 Å². The first-order valence-corrected chi connectivity index (χ1v) is 8.25. The molecule has 2 nitrogen and oxygen atoms in total. The molecule has 1 atom stereocenters. The number of piperazine rings is 1. The van der Waals surface area contributed by atoms with Crippen molar-refractivity contribution in [3.63, 3.8) is 0 Å². The molecule has 1 aromatic carbocycles. The number of halogens is 1. The van der Waals surface area contributed by atoms with E-state index in [9.17, 15) is 0 Å². The van der Waals surface area contributed by atoms with E-state index in [2.05, 4.69) is 67.9 Å². The largest absolute Gasteiger partial charge is 0.314 e. The molecule has 1 fully saturated rings. The molecule has 0 amide bonds. The van der Waals surface area contributed by atoms with Gasteiger partial charge in [0, 0.05) is 35.5 Å². The third-order valence-electron chi connectivity index (χ3n) is 3.49. The topological polar surface area (TPSA) is 15.3 Å². The lowest BCUT2D eigenvalue weighted by Gasteiger charge is -2.34. The standard InChI is InChI=1S/C15H17BrN2S/c16-13-4-1-3-12(11-13)15(14-5-2-10-19-14)18-8-6-17-7-9-18/h1-5,10-11,15,17H,6-9H2/t15-/m0/s1. The van der Waals surface area contributed by atoms with Crippen molar-refractivity contribution < 1.29 is 0 Å². The molecule has 0 unspecified atom stereocenters. The van der Waals surface area contributed by atoms with Crippen LogP contribution in [0.15, 0.2) is 46.3 Å². The van der Waals surface area contributed by atoms with E-state index in [1.54, 1.807) is 0 Å². The van der Waals surface area contributed by atoms with Gasteiger partial charge in [-0.25, -0.2) is 0 Å². The maximum Gasteiger partial charge on any atom is 0.0697 e. The molecule has 1 N–H and O–H groups in total. The molecule has 1 saturated heterocycles. The van der Waals surface area contributed by atoms with E-state index in [0.717, 1.165) is 30.7 Å². The molecule has 1 aliphatic rings. The van der Waals surface area contributed by atoms with Gasteiger partial charge in [0.15, 0.2) is 0 Å². The van der Waals surface area contributed by atoms with Gasteiger partial charge in [-0.2, -0.15) is 0 Å². The Bertz CT molecular complexity index is 521. The minimum absolute atomic E-state index is 0.389. The summed E-state index contributed by atoms with van der Waals surface area (Å²) >= 11 is 5.44. The molecular formula is C15H17BrN2S. The lowest BCUT2D eigenvalue weighted by Crippen LogP contribution is -2.45. The van der Waals surface area contributed by atoms with Gasteiger partial charge >= 0.3 is 0 Å². The van der Waals surface area contributed by atoms with Crippen LogP contribution in [0, 0.1) is 0 Å². The molecule has 0 aliphatic carbocycles. The van der Waals surface area contributed by atoms with Crippen LogP contribution in [-0.2, 0) is 0 Å². The molecule has 4 heteroatoms. The smallest absolute Gasteiger partial charge is 0.0697 e. The van der Waals surface area contributed by atoms with E-state index in [1.165, 1.54) is 10.4 Å². The monoisotopic (exact) mass is 336 g/mol. The molecular weight excluding hydrogens is 320 g/mol. The number of hydrogen-bond donors (Lipinski definition) is 1. The van der Waals surface area contributed by atoms with Crippen molar-refractivity contribution in [1.82, 2.24) is 10.2 Å². The van der Waals surface area contributed by atoms with E-state index in [4.69, 9.17) is 0 Å². The van der Waals surface area contributed by atoms with E-state index < -0.39 is 0 Å². The number of rotatable bonds is 3. The predicted octanol–water partition coefficient (Wildman–Crippen LogP) is 3.51. The van der Waals surface area contributed by atoms with Crippen LogP contribution in [0.4, 0.5) is 0 Å². The Kier molecular flexibility index (Phi) is 4.33. The van der Waals surface area contributed by atoms with Crippen molar-refractivity contribution in [2.24, 2.45) is 0 Å². The molecule has 2 heterocycles. The second kappa shape index (κ2) is 6.18. The van der Waals surface area contributed by atoms with Gasteiger partial charge in [-0.05, 0) is 29.1 Å². The van der Waals surface area contributed by atoms with Crippen LogP contribution in [0.5, 0.6) is 0 Å². The quantitative estimate of drug-likeness (QED) is 0.922. The Morgan fingerprint density at radius 2 is 2.00 bits per heavy atom. The second-order valence-electron chi connectivity index (χ2n) is 4.76. The average molecular weight is 337 g/mol. The molecule has 0 bridgehead atoms.